The Balaban J connectivity index is 1.25. The number of rotatable bonds is 7. The van der Waals surface area contributed by atoms with Gasteiger partial charge in [0.25, 0.3) is 0 Å². The Bertz CT molecular complexity index is 1260. The quantitative estimate of drug-likeness (QED) is 0.368. The minimum absolute atomic E-state index is 0.0773. The molecule has 0 spiro atoms. The lowest BCUT2D eigenvalue weighted by Gasteiger charge is -2.34. The van der Waals surface area contributed by atoms with Crippen LogP contribution in [0.15, 0.2) is 84.3 Å². The van der Waals surface area contributed by atoms with E-state index in [1.54, 1.807) is 24.5 Å². The van der Waals surface area contributed by atoms with Crippen molar-refractivity contribution in [2.45, 2.75) is 11.7 Å². The number of thioether (sulfide) groups is 1. The van der Waals surface area contributed by atoms with Gasteiger partial charge in [0.2, 0.25) is 5.91 Å². The van der Waals surface area contributed by atoms with Crippen molar-refractivity contribution in [2.75, 3.05) is 31.9 Å². The Labute approximate surface area is 207 Å². The number of piperazine rings is 1. The lowest BCUT2D eigenvalue weighted by molar-refractivity contribution is -0.130. The summed E-state index contributed by atoms with van der Waals surface area (Å²) in [4.78, 5) is 21.3. The van der Waals surface area contributed by atoms with E-state index in [0.717, 1.165) is 30.9 Å². The predicted octanol–water partition coefficient (Wildman–Crippen LogP) is 3.90. The van der Waals surface area contributed by atoms with Gasteiger partial charge in [-0.1, -0.05) is 42.1 Å². The zero-order valence-electron chi connectivity index (χ0n) is 19.1. The Kier molecular flexibility index (Phi) is 7.15. The van der Waals surface area contributed by atoms with Crippen LogP contribution < -0.4 is 0 Å². The molecule has 1 aliphatic rings. The lowest BCUT2D eigenvalue weighted by Crippen LogP contribution is -2.48. The molecule has 0 N–H and O–H groups in total. The summed E-state index contributed by atoms with van der Waals surface area (Å²) in [5, 5.41) is 9.30. The largest absolute Gasteiger partial charge is 0.339 e. The molecule has 7 nitrogen and oxygen atoms in total. The van der Waals surface area contributed by atoms with Crippen molar-refractivity contribution in [3.8, 4) is 17.1 Å². The van der Waals surface area contributed by atoms with Gasteiger partial charge in [0.15, 0.2) is 11.0 Å². The van der Waals surface area contributed by atoms with Gasteiger partial charge in [-0.15, -0.1) is 10.2 Å². The van der Waals surface area contributed by atoms with Crippen LogP contribution >= 0.6 is 11.8 Å². The second kappa shape index (κ2) is 10.8. The molecule has 0 bridgehead atoms. The molecule has 1 aliphatic heterocycles. The molecule has 2 aromatic carbocycles. The predicted molar refractivity (Wildman–Crippen MR) is 134 cm³/mol. The van der Waals surface area contributed by atoms with E-state index >= 15 is 0 Å². The van der Waals surface area contributed by atoms with E-state index in [2.05, 4.69) is 44.3 Å². The highest BCUT2D eigenvalue weighted by Crippen LogP contribution is 2.28. The first kappa shape index (κ1) is 23.2. The molecular weight excluding hydrogens is 463 g/mol. The topological polar surface area (TPSA) is 67.2 Å². The summed E-state index contributed by atoms with van der Waals surface area (Å²) in [7, 11) is 0. The van der Waals surface area contributed by atoms with Gasteiger partial charge in [-0.3, -0.25) is 19.2 Å². The molecule has 35 heavy (non-hydrogen) atoms. The fraction of sp³-hybridized carbons (Fsp3) is 0.231. The molecule has 0 unspecified atom stereocenters. The molecule has 9 heteroatoms. The van der Waals surface area contributed by atoms with Crippen molar-refractivity contribution >= 4 is 17.7 Å². The second-order valence-electron chi connectivity index (χ2n) is 8.29. The first-order valence-corrected chi connectivity index (χ1v) is 12.4. The zero-order valence-corrected chi connectivity index (χ0v) is 19.9. The van der Waals surface area contributed by atoms with E-state index in [1.807, 2.05) is 27.7 Å². The van der Waals surface area contributed by atoms with E-state index in [1.165, 1.54) is 29.5 Å². The molecule has 0 radical (unpaired) electrons. The normalized spacial score (nSPS) is 14.3. The van der Waals surface area contributed by atoms with E-state index in [9.17, 15) is 9.18 Å². The molecule has 1 saturated heterocycles. The minimum Gasteiger partial charge on any atom is -0.339 e. The summed E-state index contributed by atoms with van der Waals surface area (Å²) in [5.74, 6) is 0.633. The molecule has 0 aliphatic carbocycles. The molecule has 4 aromatic rings. The molecule has 3 heterocycles. The average Bonchev–Trinajstić information content (AvgIpc) is 3.33. The number of carbonyl (C=O) groups excluding carboxylic acids is 1. The molecule has 1 amide bonds. The van der Waals surface area contributed by atoms with Crippen LogP contribution in [-0.4, -0.2) is 67.4 Å². The Morgan fingerprint density at radius 2 is 1.60 bits per heavy atom. The molecular formula is C26H25FN6OS. The maximum atomic E-state index is 13.6. The number of nitrogens with zero attached hydrogens (tertiary/aromatic N) is 6. The van der Waals surface area contributed by atoms with Gasteiger partial charge in [0.05, 0.1) is 5.75 Å². The SMILES string of the molecule is O=C(CSc1nnc(-c2ccncc2)n1-c1ccc(F)cc1)N1CCN(Cc2ccccc2)CC1. The van der Waals surface area contributed by atoms with Gasteiger partial charge in [-0.05, 0) is 42.0 Å². The van der Waals surface area contributed by atoms with Crippen LogP contribution in [0.4, 0.5) is 4.39 Å². The van der Waals surface area contributed by atoms with Crippen LogP contribution in [0.1, 0.15) is 5.56 Å². The van der Waals surface area contributed by atoms with Crippen LogP contribution in [0, 0.1) is 5.82 Å². The second-order valence-corrected chi connectivity index (χ2v) is 9.23. The van der Waals surface area contributed by atoms with E-state index < -0.39 is 0 Å². The van der Waals surface area contributed by atoms with E-state index in [4.69, 9.17) is 0 Å². The number of benzene rings is 2. The summed E-state index contributed by atoms with van der Waals surface area (Å²) in [6.45, 7) is 4.01. The number of hydrogen-bond donors (Lipinski definition) is 0. The Morgan fingerprint density at radius 1 is 0.886 bits per heavy atom. The van der Waals surface area contributed by atoms with Crippen LogP contribution in [0.5, 0.6) is 0 Å². The molecule has 1 fully saturated rings. The number of pyridine rings is 1. The van der Waals surface area contributed by atoms with Gasteiger partial charge in [-0.2, -0.15) is 0 Å². The summed E-state index contributed by atoms with van der Waals surface area (Å²) in [6, 6.07) is 20.3. The van der Waals surface area contributed by atoms with Gasteiger partial charge in [0, 0.05) is 56.4 Å². The van der Waals surface area contributed by atoms with Gasteiger partial charge >= 0.3 is 0 Å². The van der Waals surface area contributed by atoms with Crippen molar-refractivity contribution in [2.24, 2.45) is 0 Å². The fourth-order valence-corrected chi connectivity index (χ4v) is 4.94. The van der Waals surface area contributed by atoms with Crippen LogP contribution in [0.3, 0.4) is 0 Å². The third-order valence-corrected chi connectivity index (χ3v) is 6.87. The van der Waals surface area contributed by atoms with Crippen molar-refractivity contribution in [3.05, 3.63) is 90.5 Å². The third kappa shape index (κ3) is 5.58. The first-order chi connectivity index (χ1) is 17.2. The van der Waals surface area contributed by atoms with Crippen molar-refractivity contribution in [1.29, 1.82) is 0 Å². The Morgan fingerprint density at radius 3 is 2.31 bits per heavy atom. The van der Waals surface area contributed by atoms with E-state index in [-0.39, 0.29) is 17.5 Å². The fourth-order valence-electron chi connectivity index (χ4n) is 4.09. The van der Waals surface area contributed by atoms with Gasteiger partial charge < -0.3 is 4.90 Å². The number of hydrogen-bond acceptors (Lipinski definition) is 6. The average molecular weight is 489 g/mol. The highest BCUT2D eigenvalue weighted by Gasteiger charge is 2.23. The standard InChI is InChI=1S/C26H25FN6OS/c27-22-6-8-23(9-7-22)33-25(21-10-12-28-13-11-21)29-30-26(33)35-19-24(34)32-16-14-31(15-17-32)18-20-4-2-1-3-5-20/h1-13H,14-19H2. The van der Waals surface area contributed by atoms with Gasteiger partial charge in [0.1, 0.15) is 5.82 Å². The van der Waals surface area contributed by atoms with Crippen molar-refractivity contribution < 1.29 is 9.18 Å². The zero-order chi connectivity index (χ0) is 24.0. The summed E-state index contributed by atoms with van der Waals surface area (Å²) < 4.78 is 15.4. The smallest absolute Gasteiger partial charge is 0.233 e. The lowest BCUT2D eigenvalue weighted by atomic mass is 10.2. The monoisotopic (exact) mass is 488 g/mol. The molecule has 178 valence electrons. The highest BCUT2D eigenvalue weighted by atomic mass is 32.2. The van der Waals surface area contributed by atoms with Crippen molar-refractivity contribution in [1.82, 2.24) is 29.5 Å². The number of carbonyl (C=O) groups is 1. The maximum Gasteiger partial charge on any atom is 0.233 e. The third-order valence-electron chi connectivity index (χ3n) is 5.96. The van der Waals surface area contributed by atoms with Gasteiger partial charge in [-0.25, -0.2) is 4.39 Å². The van der Waals surface area contributed by atoms with Crippen molar-refractivity contribution in [3.63, 3.8) is 0 Å². The molecule has 0 saturated carbocycles. The van der Waals surface area contributed by atoms with Crippen LogP contribution in [0.25, 0.3) is 17.1 Å². The number of amides is 1. The molecule has 0 atom stereocenters. The molecule has 2 aromatic heterocycles. The van der Waals surface area contributed by atoms with Crippen LogP contribution in [0.2, 0.25) is 0 Å². The van der Waals surface area contributed by atoms with Crippen LogP contribution in [-0.2, 0) is 11.3 Å². The Hall–Kier alpha value is -3.56. The summed E-state index contributed by atoms with van der Waals surface area (Å²) >= 11 is 1.34. The summed E-state index contributed by atoms with van der Waals surface area (Å²) in [5.41, 5.74) is 2.85. The number of halogens is 1. The minimum atomic E-state index is -0.317. The first-order valence-electron chi connectivity index (χ1n) is 11.5. The highest BCUT2D eigenvalue weighted by molar-refractivity contribution is 7.99. The molecule has 5 rings (SSSR count). The summed E-state index contributed by atoms with van der Waals surface area (Å²) in [6.07, 6.45) is 3.37. The number of aromatic nitrogens is 4. The maximum absolute atomic E-state index is 13.6. The van der Waals surface area contributed by atoms with E-state index in [0.29, 0.717) is 24.1 Å².